The van der Waals surface area contributed by atoms with Crippen LogP contribution in [-0.2, 0) is 4.79 Å². The predicted molar refractivity (Wildman–Crippen MR) is 51.1 cm³/mol. The lowest BCUT2D eigenvalue weighted by atomic mass is 9.96. The molecule has 0 radical (unpaired) electrons. The van der Waals surface area contributed by atoms with Crippen LogP contribution in [0, 0.1) is 5.92 Å². The van der Waals surface area contributed by atoms with Crippen molar-refractivity contribution in [3.63, 3.8) is 0 Å². The first kappa shape index (κ1) is 9.00. The van der Waals surface area contributed by atoms with Gasteiger partial charge in [0, 0.05) is 18.5 Å². The highest BCUT2D eigenvalue weighted by atomic mass is 16.2. The Morgan fingerprint density at radius 2 is 2.00 bits per heavy atom. The number of nitrogens with two attached hydrogens (primary N) is 1. The van der Waals surface area contributed by atoms with Gasteiger partial charge >= 0.3 is 0 Å². The Hall–Kier alpha value is -0.570. The molecule has 0 aromatic carbocycles. The number of amides is 1. The molecule has 3 heteroatoms. The molecule has 3 nitrogen and oxygen atoms in total. The molecule has 1 unspecified atom stereocenters. The second-order valence-electron chi connectivity index (χ2n) is 4.81. The highest BCUT2D eigenvalue weighted by Gasteiger charge is 2.45. The molecule has 0 aromatic rings. The summed E-state index contributed by atoms with van der Waals surface area (Å²) in [6, 6.07) is 0.148. The molecule has 2 rings (SSSR count). The van der Waals surface area contributed by atoms with Crippen LogP contribution in [0.2, 0.25) is 0 Å². The van der Waals surface area contributed by atoms with Crippen molar-refractivity contribution in [2.75, 3.05) is 6.54 Å². The molecule has 74 valence electrons. The Kier molecular flexibility index (Phi) is 1.88. The standard InChI is InChI=1S/C10H18N2O/c1-10(2)8(11)5-6-12(10)9(13)7-3-4-7/h7-8H,3-6,11H2,1-2H3. The number of rotatable bonds is 1. The van der Waals surface area contributed by atoms with E-state index in [2.05, 4.69) is 13.8 Å². The van der Waals surface area contributed by atoms with E-state index in [0.717, 1.165) is 25.8 Å². The van der Waals surface area contributed by atoms with E-state index in [1.54, 1.807) is 0 Å². The zero-order valence-electron chi connectivity index (χ0n) is 8.42. The number of carbonyl (C=O) groups is 1. The molecular formula is C10H18N2O. The molecule has 0 bridgehead atoms. The van der Waals surface area contributed by atoms with Crippen molar-refractivity contribution >= 4 is 5.91 Å². The van der Waals surface area contributed by atoms with Gasteiger partial charge in [0.25, 0.3) is 0 Å². The third kappa shape index (κ3) is 1.35. The molecule has 1 atom stereocenters. The number of nitrogens with zero attached hydrogens (tertiary/aromatic N) is 1. The van der Waals surface area contributed by atoms with Gasteiger partial charge < -0.3 is 10.6 Å². The SMILES string of the molecule is CC1(C)C(N)CCN1C(=O)C1CC1. The molecule has 1 saturated carbocycles. The van der Waals surface area contributed by atoms with Gasteiger partial charge in [0.2, 0.25) is 5.91 Å². The van der Waals surface area contributed by atoms with E-state index in [4.69, 9.17) is 5.73 Å². The Bertz CT molecular complexity index is 233. The van der Waals surface area contributed by atoms with Crippen molar-refractivity contribution < 1.29 is 4.79 Å². The average Bonchev–Trinajstić information content (AvgIpc) is 2.82. The summed E-state index contributed by atoms with van der Waals surface area (Å²) in [6.45, 7) is 5.00. The van der Waals surface area contributed by atoms with Crippen LogP contribution in [0.1, 0.15) is 33.1 Å². The summed E-state index contributed by atoms with van der Waals surface area (Å²) >= 11 is 0. The zero-order valence-corrected chi connectivity index (χ0v) is 8.42. The average molecular weight is 182 g/mol. The molecule has 0 spiro atoms. The second-order valence-corrected chi connectivity index (χ2v) is 4.81. The zero-order chi connectivity index (χ0) is 9.64. The number of hydrogen-bond acceptors (Lipinski definition) is 2. The van der Waals surface area contributed by atoms with Crippen molar-refractivity contribution in [3.05, 3.63) is 0 Å². The van der Waals surface area contributed by atoms with Crippen molar-refractivity contribution in [1.82, 2.24) is 4.90 Å². The summed E-state index contributed by atoms with van der Waals surface area (Å²) in [5.74, 6) is 0.655. The molecule has 0 aromatic heterocycles. The smallest absolute Gasteiger partial charge is 0.226 e. The van der Waals surface area contributed by atoms with Gasteiger partial charge in [0.1, 0.15) is 0 Å². The fourth-order valence-electron chi connectivity index (χ4n) is 2.05. The highest BCUT2D eigenvalue weighted by molar-refractivity contribution is 5.82. The summed E-state index contributed by atoms with van der Waals surface area (Å²) in [5.41, 5.74) is 5.84. The van der Waals surface area contributed by atoms with Crippen molar-refractivity contribution in [1.29, 1.82) is 0 Å². The number of likely N-dealkylation sites (tertiary alicyclic amines) is 1. The molecule has 1 aliphatic carbocycles. The van der Waals surface area contributed by atoms with Gasteiger partial charge in [-0.05, 0) is 33.1 Å². The molecule has 13 heavy (non-hydrogen) atoms. The Labute approximate surface area is 79.3 Å². The van der Waals surface area contributed by atoms with E-state index in [1.807, 2.05) is 4.90 Å². The molecule has 2 aliphatic rings. The maximum absolute atomic E-state index is 11.8. The minimum atomic E-state index is -0.125. The first-order chi connectivity index (χ1) is 6.03. The fraction of sp³-hybridized carbons (Fsp3) is 0.900. The molecule has 1 aliphatic heterocycles. The monoisotopic (exact) mass is 182 g/mol. The van der Waals surface area contributed by atoms with E-state index in [0.29, 0.717) is 11.8 Å². The maximum atomic E-state index is 11.8. The molecule has 1 saturated heterocycles. The van der Waals surface area contributed by atoms with Crippen LogP contribution in [0.25, 0.3) is 0 Å². The van der Waals surface area contributed by atoms with Crippen LogP contribution in [0.4, 0.5) is 0 Å². The van der Waals surface area contributed by atoms with E-state index in [1.165, 1.54) is 0 Å². The molecule has 2 N–H and O–H groups in total. The fourth-order valence-corrected chi connectivity index (χ4v) is 2.05. The number of carbonyl (C=O) groups excluding carboxylic acids is 1. The van der Waals surface area contributed by atoms with Gasteiger partial charge in [0.15, 0.2) is 0 Å². The van der Waals surface area contributed by atoms with E-state index in [9.17, 15) is 4.79 Å². The van der Waals surface area contributed by atoms with Crippen LogP contribution in [-0.4, -0.2) is 28.9 Å². The van der Waals surface area contributed by atoms with E-state index in [-0.39, 0.29) is 11.6 Å². The van der Waals surface area contributed by atoms with Gasteiger partial charge in [0.05, 0.1) is 5.54 Å². The number of hydrogen-bond donors (Lipinski definition) is 1. The third-order valence-electron chi connectivity index (χ3n) is 3.46. The van der Waals surface area contributed by atoms with Crippen molar-refractivity contribution in [3.8, 4) is 0 Å². The van der Waals surface area contributed by atoms with Gasteiger partial charge in [-0.3, -0.25) is 4.79 Å². The van der Waals surface area contributed by atoms with Gasteiger partial charge in [-0.25, -0.2) is 0 Å². The van der Waals surface area contributed by atoms with Crippen molar-refractivity contribution in [2.24, 2.45) is 11.7 Å². The van der Waals surface area contributed by atoms with E-state index >= 15 is 0 Å². The lowest BCUT2D eigenvalue weighted by Crippen LogP contribution is -2.51. The predicted octanol–water partition coefficient (Wildman–Crippen LogP) is 0.735. The Morgan fingerprint density at radius 3 is 2.38 bits per heavy atom. The Balaban J connectivity index is 2.10. The highest BCUT2D eigenvalue weighted by Crippen LogP contribution is 2.36. The third-order valence-corrected chi connectivity index (χ3v) is 3.46. The second kappa shape index (κ2) is 2.71. The molecule has 2 fully saturated rings. The quantitative estimate of drug-likeness (QED) is 0.650. The van der Waals surface area contributed by atoms with Gasteiger partial charge in [-0.2, -0.15) is 0 Å². The largest absolute Gasteiger partial charge is 0.336 e. The van der Waals surface area contributed by atoms with Crippen LogP contribution in [0.15, 0.2) is 0 Å². The van der Waals surface area contributed by atoms with Gasteiger partial charge in [-0.1, -0.05) is 0 Å². The van der Waals surface area contributed by atoms with Crippen LogP contribution in [0.3, 0.4) is 0 Å². The van der Waals surface area contributed by atoms with Crippen molar-refractivity contribution in [2.45, 2.75) is 44.7 Å². The molecular weight excluding hydrogens is 164 g/mol. The van der Waals surface area contributed by atoms with E-state index < -0.39 is 0 Å². The molecule has 1 heterocycles. The Morgan fingerprint density at radius 1 is 1.38 bits per heavy atom. The summed E-state index contributed by atoms with van der Waals surface area (Å²) < 4.78 is 0. The summed E-state index contributed by atoms with van der Waals surface area (Å²) in [6.07, 6.45) is 3.12. The molecule has 1 amide bonds. The lowest BCUT2D eigenvalue weighted by molar-refractivity contribution is -0.135. The summed E-state index contributed by atoms with van der Waals surface area (Å²) in [4.78, 5) is 13.8. The van der Waals surface area contributed by atoms with Crippen LogP contribution < -0.4 is 5.73 Å². The maximum Gasteiger partial charge on any atom is 0.226 e. The first-order valence-corrected chi connectivity index (χ1v) is 5.10. The summed E-state index contributed by atoms with van der Waals surface area (Å²) in [7, 11) is 0. The van der Waals surface area contributed by atoms with Crippen LogP contribution >= 0.6 is 0 Å². The minimum absolute atomic E-state index is 0.125. The topological polar surface area (TPSA) is 46.3 Å². The lowest BCUT2D eigenvalue weighted by Gasteiger charge is -2.34. The van der Waals surface area contributed by atoms with Crippen LogP contribution in [0.5, 0.6) is 0 Å². The normalized spacial score (nSPS) is 32.2. The first-order valence-electron chi connectivity index (χ1n) is 5.10. The minimum Gasteiger partial charge on any atom is -0.336 e. The summed E-state index contributed by atoms with van der Waals surface area (Å²) in [5, 5.41) is 0. The van der Waals surface area contributed by atoms with Gasteiger partial charge in [-0.15, -0.1) is 0 Å².